The van der Waals surface area contributed by atoms with Crippen LogP contribution in [0.4, 0.5) is 5.69 Å². The number of amides is 1. The Kier molecular flexibility index (Phi) is 4.64. The molecule has 134 valence electrons. The van der Waals surface area contributed by atoms with Crippen LogP contribution in [0.15, 0.2) is 48.0 Å². The molecule has 2 aromatic carbocycles. The smallest absolute Gasteiger partial charge is 0.335 e. The van der Waals surface area contributed by atoms with Gasteiger partial charge in [-0.1, -0.05) is 6.07 Å². The lowest BCUT2D eigenvalue weighted by molar-refractivity contribution is -0.114. The molecule has 0 aliphatic carbocycles. The first-order chi connectivity index (χ1) is 12.4. The van der Waals surface area contributed by atoms with Crippen LogP contribution in [0.25, 0.3) is 6.08 Å². The Bertz CT molecular complexity index is 889. The maximum Gasteiger partial charge on any atom is 0.335 e. The molecule has 1 saturated heterocycles. The molecule has 0 spiro atoms. The molecule has 3 rings (SSSR count). The number of aromatic hydroxyl groups is 1. The number of carboxylic acid groups (broad SMARTS) is 1. The van der Waals surface area contributed by atoms with E-state index in [1.54, 1.807) is 30.3 Å². The van der Waals surface area contributed by atoms with Crippen LogP contribution in [-0.4, -0.2) is 35.2 Å². The average Bonchev–Trinajstić information content (AvgIpc) is 2.91. The molecule has 0 saturated carbocycles. The predicted octanol–water partition coefficient (Wildman–Crippen LogP) is 2.42. The van der Waals surface area contributed by atoms with E-state index in [0.29, 0.717) is 17.0 Å². The molecular weight excluding hydrogens is 336 g/mol. The molecule has 1 aliphatic rings. The van der Waals surface area contributed by atoms with Crippen LogP contribution >= 0.6 is 0 Å². The Balaban J connectivity index is 1.89. The molecular formula is C19H18N2O5. The zero-order valence-electron chi connectivity index (χ0n) is 14.3. The number of nitrogens with one attached hydrogen (secondary N) is 1. The number of hydrazine groups is 1. The molecule has 1 amide bonds. The first kappa shape index (κ1) is 17.5. The molecule has 0 radical (unpaired) electrons. The van der Waals surface area contributed by atoms with Crippen molar-refractivity contribution < 1.29 is 24.5 Å². The fourth-order valence-electron chi connectivity index (χ4n) is 2.73. The van der Waals surface area contributed by atoms with Gasteiger partial charge >= 0.3 is 5.97 Å². The first-order valence-corrected chi connectivity index (χ1v) is 7.93. The number of hydrogen-bond donors (Lipinski definition) is 3. The van der Waals surface area contributed by atoms with Gasteiger partial charge < -0.3 is 14.9 Å². The highest BCUT2D eigenvalue weighted by atomic mass is 16.5. The first-order valence-electron chi connectivity index (χ1n) is 7.93. The van der Waals surface area contributed by atoms with Gasteiger partial charge in [-0.3, -0.25) is 4.79 Å². The monoisotopic (exact) mass is 354 g/mol. The minimum Gasteiger partial charge on any atom is -0.504 e. The standard InChI is InChI=1S/C19H18N2O5/c1-11-15(9-12-3-8-16(22)17(10-12)26-2)18(23)21(20-11)14-6-4-13(5-7-14)19(24)25/h3-11,20,22H,1-2H3,(H,24,25). The second-order valence-corrected chi connectivity index (χ2v) is 5.87. The van der Waals surface area contributed by atoms with Crippen molar-refractivity contribution >= 4 is 23.6 Å². The highest BCUT2D eigenvalue weighted by Gasteiger charge is 2.33. The van der Waals surface area contributed by atoms with Crippen molar-refractivity contribution in [2.24, 2.45) is 0 Å². The van der Waals surface area contributed by atoms with Gasteiger partial charge in [-0.2, -0.15) is 0 Å². The summed E-state index contributed by atoms with van der Waals surface area (Å²) in [6.07, 6.45) is 1.73. The van der Waals surface area contributed by atoms with Gasteiger partial charge in [-0.15, -0.1) is 0 Å². The molecule has 0 bridgehead atoms. The maximum atomic E-state index is 12.8. The third kappa shape index (κ3) is 3.25. The summed E-state index contributed by atoms with van der Waals surface area (Å²) < 4.78 is 5.09. The summed E-state index contributed by atoms with van der Waals surface area (Å²) >= 11 is 0. The molecule has 1 unspecified atom stereocenters. The van der Waals surface area contributed by atoms with Crippen molar-refractivity contribution in [3.63, 3.8) is 0 Å². The molecule has 3 N–H and O–H groups in total. The van der Waals surface area contributed by atoms with Crippen LogP contribution in [0.3, 0.4) is 0 Å². The Labute approximate surface area is 150 Å². The number of ether oxygens (including phenoxy) is 1. The number of nitrogens with zero attached hydrogens (tertiary/aromatic N) is 1. The van der Waals surface area contributed by atoms with Crippen LogP contribution in [0, 0.1) is 0 Å². The van der Waals surface area contributed by atoms with Gasteiger partial charge in [0.1, 0.15) is 0 Å². The topological polar surface area (TPSA) is 99.1 Å². The van der Waals surface area contributed by atoms with Crippen molar-refractivity contribution in [1.29, 1.82) is 0 Å². The van der Waals surface area contributed by atoms with Crippen LogP contribution < -0.4 is 15.2 Å². The summed E-state index contributed by atoms with van der Waals surface area (Å²) in [5, 5.41) is 20.0. The maximum absolute atomic E-state index is 12.8. The summed E-state index contributed by atoms with van der Waals surface area (Å²) in [6.45, 7) is 1.85. The number of carbonyl (C=O) groups is 2. The number of rotatable bonds is 4. The molecule has 7 heteroatoms. The number of aromatic carboxylic acids is 1. The van der Waals surface area contributed by atoms with Gasteiger partial charge in [0, 0.05) is 5.57 Å². The van der Waals surface area contributed by atoms with E-state index in [0.717, 1.165) is 5.56 Å². The minimum atomic E-state index is -1.02. The zero-order valence-corrected chi connectivity index (χ0v) is 14.3. The van der Waals surface area contributed by atoms with Crippen molar-refractivity contribution in [1.82, 2.24) is 5.43 Å². The summed E-state index contributed by atoms with van der Waals surface area (Å²) in [5.74, 6) is -0.898. The second-order valence-electron chi connectivity index (χ2n) is 5.87. The molecule has 7 nitrogen and oxygen atoms in total. The minimum absolute atomic E-state index is 0.0266. The number of phenolic OH excluding ortho intramolecular Hbond substituents is 1. The van der Waals surface area contributed by atoms with Crippen molar-refractivity contribution in [2.75, 3.05) is 12.1 Å². The van der Waals surface area contributed by atoms with Crippen LogP contribution in [0.5, 0.6) is 11.5 Å². The van der Waals surface area contributed by atoms with E-state index in [-0.39, 0.29) is 23.3 Å². The highest BCUT2D eigenvalue weighted by molar-refractivity contribution is 6.11. The number of hydrogen-bond acceptors (Lipinski definition) is 5. The van der Waals surface area contributed by atoms with Gasteiger partial charge in [-0.05, 0) is 55.0 Å². The Morgan fingerprint density at radius 1 is 1.23 bits per heavy atom. The molecule has 1 fully saturated rings. The summed E-state index contributed by atoms with van der Waals surface area (Å²) in [6, 6.07) is 10.7. The summed E-state index contributed by atoms with van der Waals surface area (Å²) in [5.41, 5.74) is 5.04. The van der Waals surface area contributed by atoms with Gasteiger partial charge in [0.2, 0.25) is 0 Å². The normalized spacial score (nSPS) is 18.4. The lowest BCUT2D eigenvalue weighted by atomic mass is 10.1. The highest BCUT2D eigenvalue weighted by Crippen LogP contribution is 2.29. The van der Waals surface area contributed by atoms with E-state index in [4.69, 9.17) is 9.84 Å². The fraction of sp³-hybridized carbons (Fsp3) is 0.158. The second kappa shape index (κ2) is 6.89. The number of benzene rings is 2. The van der Waals surface area contributed by atoms with E-state index in [2.05, 4.69) is 5.43 Å². The zero-order chi connectivity index (χ0) is 18.8. The molecule has 1 heterocycles. The predicted molar refractivity (Wildman–Crippen MR) is 96.1 cm³/mol. The molecule has 2 aromatic rings. The molecule has 1 aliphatic heterocycles. The third-order valence-corrected chi connectivity index (χ3v) is 4.14. The summed E-state index contributed by atoms with van der Waals surface area (Å²) in [7, 11) is 1.46. The van der Waals surface area contributed by atoms with Gasteiger partial charge in [-0.25, -0.2) is 15.2 Å². The van der Waals surface area contributed by atoms with E-state index in [9.17, 15) is 14.7 Å². The average molecular weight is 354 g/mol. The summed E-state index contributed by atoms with van der Waals surface area (Å²) in [4.78, 5) is 23.7. The largest absolute Gasteiger partial charge is 0.504 e. The van der Waals surface area contributed by atoms with E-state index >= 15 is 0 Å². The van der Waals surface area contributed by atoms with E-state index in [1.807, 2.05) is 6.92 Å². The van der Waals surface area contributed by atoms with Crippen molar-refractivity contribution in [2.45, 2.75) is 13.0 Å². The number of carboxylic acids is 1. The SMILES string of the molecule is COc1cc(C=C2C(=O)N(c3ccc(C(=O)O)cc3)NC2C)ccc1O. The van der Waals surface area contributed by atoms with E-state index < -0.39 is 5.97 Å². The lowest BCUT2D eigenvalue weighted by Crippen LogP contribution is -2.36. The van der Waals surface area contributed by atoms with Crippen molar-refractivity contribution in [3.8, 4) is 11.5 Å². The van der Waals surface area contributed by atoms with Crippen LogP contribution in [0.2, 0.25) is 0 Å². The number of carbonyl (C=O) groups excluding carboxylic acids is 1. The Morgan fingerprint density at radius 2 is 1.92 bits per heavy atom. The van der Waals surface area contributed by atoms with Gasteiger partial charge in [0.05, 0.1) is 24.4 Å². The van der Waals surface area contributed by atoms with Crippen LogP contribution in [0.1, 0.15) is 22.8 Å². The molecule has 26 heavy (non-hydrogen) atoms. The van der Waals surface area contributed by atoms with Crippen molar-refractivity contribution in [3.05, 3.63) is 59.2 Å². The number of phenols is 1. The van der Waals surface area contributed by atoms with Gasteiger partial charge in [0.25, 0.3) is 5.91 Å². The van der Waals surface area contributed by atoms with E-state index in [1.165, 1.54) is 30.3 Å². The molecule has 1 atom stereocenters. The number of methoxy groups -OCH3 is 1. The Hall–Kier alpha value is -3.32. The third-order valence-electron chi connectivity index (χ3n) is 4.14. The quantitative estimate of drug-likeness (QED) is 0.730. The fourth-order valence-corrected chi connectivity index (χ4v) is 2.73. The Morgan fingerprint density at radius 3 is 2.54 bits per heavy atom. The van der Waals surface area contributed by atoms with Crippen LogP contribution in [-0.2, 0) is 4.79 Å². The number of anilines is 1. The lowest BCUT2D eigenvalue weighted by Gasteiger charge is -2.16. The van der Waals surface area contributed by atoms with Gasteiger partial charge in [0.15, 0.2) is 11.5 Å². The molecule has 0 aromatic heterocycles.